The zero-order valence-corrected chi connectivity index (χ0v) is 14.4. The first-order valence-corrected chi connectivity index (χ1v) is 8.74. The molecule has 0 radical (unpaired) electrons. The average Bonchev–Trinajstić information content (AvgIpc) is 3.09. The van der Waals surface area contributed by atoms with Gasteiger partial charge in [-0.25, -0.2) is 4.39 Å². The molecule has 0 unspecified atom stereocenters. The lowest BCUT2D eigenvalue weighted by Crippen LogP contribution is -2.40. The SMILES string of the molecule is CCC(CC)NC(=O)COC(=O)C1(c2ccc(F)cc2)CCCC1. The molecular weight excluding hydrogens is 309 g/mol. The van der Waals surface area contributed by atoms with E-state index in [0.29, 0.717) is 12.8 Å². The lowest BCUT2D eigenvalue weighted by Gasteiger charge is -2.27. The summed E-state index contributed by atoms with van der Waals surface area (Å²) in [6.07, 6.45) is 4.88. The summed E-state index contributed by atoms with van der Waals surface area (Å²) in [4.78, 5) is 24.6. The molecule has 1 fully saturated rings. The summed E-state index contributed by atoms with van der Waals surface area (Å²) in [5, 5.41) is 2.86. The van der Waals surface area contributed by atoms with E-state index < -0.39 is 5.41 Å². The van der Waals surface area contributed by atoms with E-state index in [4.69, 9.17) is 4.74 Å². The number of carbonyl (C=O) groups excluding carboxylic acids is 2. The molecule has 0 spiro atoms. The fourth-order valence-corrected chi connectivity index (χ4v) is 3.39. The molecule has 5 heteroatoms. The smallest absolute Gasteiger partial charge is 0.317 e. The highest BCUT2D eigenvalue weighted by Crippen LogP contribution is 2.42. The van der Waals surface area contributed by atoms with E-state index in [0.717, 1.165) is 31.2 Å². The number of benzene rings is 1. The van der Waals surface area contributed by atoms with Crippen LogP contribution >= 0.6 is 0 Å². The van der Waals surface area contributed by atoms with Crippen LogP contribution in [0.2, 0.25) is 0 Å². The molecule has 1 aliphatic carbocycles. The van der Waals surface area contributed by atoms with Crippen molar-refractivity contribution >= 4 is 11.9 Å². The Hall–Kier alpha value is -1.91. The number of nitrogens with one attached hydrogen (secondary N) is 1. The van der Waals surface area contributed by atoms with Crippen molar-refractivity contribution in [2.75, 3.05) is 6.61 Å². The summed E-state index contributed by atoms with van der Waals surface area (Å²) < 4.78 is 18.5. The van der Waals surface area contributed by atoms with Crippen molar-refractivity contribution < 1.29 is 18.7 Å². The summed E-state index contributed by atoms with van der Waals surface area (Å²) in [5.74, 6) is -0.986. The molecule has 4 nitrogen and oxygen atoms in total. The highest BCUT2D eigenvalue weighted by Gasteiger charge is 2.44. The summed E-state index contributed by atoms with van der Waals surface area (Å²) in [5.41, 5.74) is 0.0231. The van der Waals surface area contributed by atoms with Crippen LogP contribution in [-0.4, -0.2) is 24.5 Å². The second kappa shape index (κ2) is 8.27. The third-order valence-corrected chi connectivity index (χ3v) is 4.93. The third kappa shape index (κ3) is 4.13. The second-order valence-electron chi connectivity index (χ2n) is 6.45. The maximum atomic E-state index is 13.2. The van der Waals surface area contributed by atoms with Gasteiger partial charge in [-0.2, -0.15) is 0 Å². The van der Waals surface area contributed by atoms with Gasteiger partial charge in [0.15, 0.2) is 6.61 Å². The normalized spacial score (nSPS) is 16.2. The first kappa shape index (κ1) is 18.4. The van der Waals surface area contributed by atoms with E-state index in [2.05, 4.69) is 5.32 Å². The van der Waals surface area contributed by atoms with Crippen LogP contribution in [0.25, 0.3) is 0 Å². The highest BCUT2D eigenvalue weighted by atomic mass is 19.1. The van der Waals surface area contributed by atoms with Crippen LogP contribution in [-0.2, 0) is 19.7 Å². The summed E-state index contributed by atoms with van der Waals surface area (Å²) >= 11 is 0. The van der Waals surface area contributed by atoms with E-state index in [-0.39, 0.29) is 30.3 Å². The Morgan fingerprint density at radius 3 is 2.29 bits per heavy atom. The van der Waals surface area contributed by atoms with Crippen LogP contribution in [0.1, 0.15) is 57.9 Å². The molecule has 1 N–H and O–H groups in total. The molecule has 1 aromatic rings. The van der Waals surface area contributed by atoms with Crippen LogP contribution in [0.3, 0.4) is 0 Å². The van der Waals surface area contributed by atoms with Crippen molar-refractivity contribution in [3.05, 3.63) is 35.6 Å². The Bertz CT molecular complexity index is 560. The standard InChI is InChI=1S/C19H26FNO3/c1-3-16(4-2)21-17(22)13-24-18(23)19(11-5-6-12-19)14-7-9-15(20)10-8-14/h7-10,16H,3-6,11-13H2,1-2H3,(H,21,22). The average molecular weight is 335 g/mol. The number of hydrogen-bond acceptors (Lipinski definition) is 3. The molecule has 1 aliphatic rings. The molecular formula is C19H26FNO3. The van der Waals surface area contributed by atoms with Gasteiger partial charge in [0.25, 0.3) is 5.91 Å². The maximum absolute atomic E-state index is 13.2. The number of ether oxygens (including phenoxy) is 1. The molecule has 0 saturated heterocycles. The van der Waals surface area contributed by atoms with Gasteiger partial charge < -0.3 is 10.1 Å². The maximum Gasteiger partial charge on any atom is 0.317 e. The number of carbonyl (C=O) groups is 2. The van der Waals surface area contributed by atoms with Gasteiger partial charge in [-0.15, -0.1) is 0 Å². The minimum atomic E-state index is -0.747. The Morgan fingerprint density at radius 2 is 1.75 bits per heavy atom. The molecule has 0 aliphatic heterocycles. The minimum Gasteiger partial charge on any atom is -0.455 e. The highest BCUT2D eigenvalue weighted by molar-refractivity contribution is 5.86. The number of esters is 1. The predicted octanol–water partition coefficient (Wildman–Crippen LogP) is 3.49. The van der Waals surface area contributed by atoms with Gasteiger partial charge in [-0.3, -0.25) is 9.59 Å². The first-order valence-electron chi connectivity index (χ1n) is 8.74. The molecule has 1 amide bonds. The van der Waals surface area contributed by atoms with Crippen molar-refractivity contribution in [1.82, 2.24) is 5.32 Å². The van der Waals surface area contributed by atoms with Crippen molar-refractivity contribution in [2.45, 2.75) is 63.8 Å². The summed E-state index contributed by atoms with van der Waals surface area (Å²) in [6, 6.07) is 6.12. The predicted molar refractivity (Wildman–Crippen MR) is 90.0 cm³/mol. The monoisotopic (exact) mass is 335 g/mol. The fraction of sp³-hybridized carbons (Fsp3) is 0.579. The zero-order chi connectivity index (χ0) is 17.6. The van der Waals surface area contributed by atoms with Gasteiger partial charge >= 0.3 is 5.97 Å². The number of hydrogen-bond donors (Lipinski definition) is 1. The largest absolute Gasteiger partial charge is 0.455 e. The van der Waals surface area contributed by atoms with E-state index in [1.165, 1.54) is 12.1 Å². The Balaban J connectivity index is 2.02. The van der Waals surface area contributed by atoms with E-state index in [1.807, 2.05) is 13.8 Å². The van der Waals surface area contributed by atoms with Gasteiger partial charge in [0, 0.05) is 6.04 Å². The second-order valence-corrected chi connectivity index (χ2v) is 6.45. The van der Waals surface area contributed by atoms with Gasteiger partial charge in [0.05, 0.1) is 5.41 Å². The van der Waals surface area contributed by atoms with Crippen LogP contribution in [0.15, 0.2) is 24.3 Å². The number of amides is 1. The number of halogens is 1. The van der Waals surface area contributed by atoms with Crippen LogP contribution in [0.5, 0.6) is 0 Å². The van der Waals surface area contributed by atoms with Gasteiger partial charge in [0.2, 0.25) is 0 Å². The number of rotatable bonds is 7. The zero-order valence-electron chi connectivity index (χ0n) is 14.4. The van der Waals surface area contributed by atoms with Crippen molar-refractivity contribution in [3.63, 3.8) is 0 Å². The molecule has 0 heterocycles. The lowest BCUT2D eigenvalue weighted by molar-refractivity contribution is -0.154. The first-order chi connectivity index (χ1) is 11.5. The summed E-state index contributed by atoms with van der Waals surface area (Å²) in [6.45, 7) is 3.74. The molecule has 0 bridgehead atoms. The van der Waals surface area contributed by atoms with Gasteiger partial charge in [-0.05, 0) is 43.4 Å². The fourth-order valence-electron chi connectivity index (χ4n) is 3.39. The Morgan fingerprint density at radius 1 is 1.17 bits per heavy atom. The van der Waals surface area contributed by atoms with Crippen molar-refractivity contribution in [2.24, 2.45) is 0 Å². The van der Waals surface area contributed by atoms with E-state index >= 15 is 0 Å². The van der Waals surface area contributed by atoms with E-state index in [1.54, 1.807) is 12.1 Å². The topological polar surface area (TPSA) is 55.4 Å². The molecule has 24 heavy (non-hydrogen) atoms. The van der Waals surface area contributed by atoms with Crippen molar-refractivity contribution in [3.8, 4) is 0 Å². The Labute approximate surface area is 142 Å². The molecule has 0 atom stereocenters. The molecule has 1 aromatic carbocycles. The van der Waals surface area contributed by atoms with E-state index in [9.17, 15) is 14.0 Å². The summed E-state index contributed by atoms with van der Waals surface area (Å²) in [7, 11) is 0. The molecule has 132 valence electrons. The third-order valence-electron chi connectivity index (χ3n) is 4.93. The van der Waals surface area contributed by atoms with Crippen LogP contribution in [0, 0.1) is 5.82 Å². The van der Waals surface area contributed by atoms with Crippen LogP contribution < -0.4 is 5.32 Å². The van der Waals surface area contributed by atoms with Gasteiger partial charge in [0.1, 0.15) is 5.82 Å². The minimum absolute atomic E-state index is 0.105. The molecule has 1 saturated carbocycles. The quantitative estimate of drug-likeness (QED) is 0.776. The molecule has 0 aromatic heterocycles. The molecule has 2 rings (SSSR count). The lowest BCUT2D eigenvalue weighted by atomic mass is 9.79. The Kier molecular flexibility index (Phi) is 6.35. The van der Waals surface area contributed by atoms with Gasteiger partial charge in [-0.1, -0.05) is 38.8 Å². The van der Waals surface area contributed by atoms with Crippen LogP contribution in [0.4, 0.5) is 4.39 Å². The van der Waals surface area contributed by atoms with Crippen molar-refractivity contribution in [1.29, 1.82) is 0 Å².